The highest BCUT2D eigenvalue weighted by atomic mass is 35.5. The summed E-state index contributed by atoms with van der Waals surface area (Å²) < 4.78 is 1.44. The molecule has 2 amide bonds. The largest absolute Gasteiger partial charge is 0.387 e. The van der Waals surface area contributed by atoms with Crippen LogP contribution in [-0.2, 0) is 11.3 Å². The maximum atomic E-state index is 13.5. The third kappa shape index (κ3) is 5.38. The first-order chi connectivity index (χ1) is 17.0. The van der Waals surface area contributed by atoms with Crippen LogP contribution in [0.25, 0.3) is 0 Å². The lowest BCUT2D eigenvalue weighted by Crippen LogP contribution is -2.62. The molecule has 1 N–H and O–H groups in total. The van der Waals surface area contributed by atoms with Gasteiger partial charge in [0.15, 0.2) is 0 Å². The van der Waals surface area contributed by atoms with Crippen LogP contribution in [-0.4, -0.2) is 64.1 Å². The van der Waals surface area contributed by atoms with E-state index in [0.29, 0.717) is 25.4 Å². The van der Waals surface area contributed by atoms with Crippen molar-refractivity contribution in [1.82, 2.24) is 14.4 Å². The summed E-state index contributed by atoms with van der Waals surface area (Å²) in [5.74, 6) is 0.562. The molecule has 7 nitrogen and oxygen atoms in total. The van der Waals surface area contributed by atoms with Gasteiger partial charge >= 0.3 is 0 Å². The third-order valence-electron chi connectivity index (χ3n) is 9.13. The van der Waals surface area contributed by atoms with Crippen molar-refractivity contribution < 1.29 is 14.7 Å². The zero-order chi connectivity index (χ0) is 26.1. The van der Waals surface area contributed by atoms with E-state index in [0.717, 1.165) is 32.1 Å². The first-order valence-corrected chi connectivity index (χ1v) is 14.1. The van der Waals surface area contributed by atoms with E-state index in [1.54, 1.807) is 14.1 Å². The Kier molecular flexibility index (Phi) is 8.20. The standard InChI is InChI=1S/C28H42ClN3O4/c1-20(15-21-9-5-4-6-10-21)25(34)31-14-13-28(36,27(18-31)11-7-8-12-27)19-32-17-22(26(35)30(2)3)23(29)16-24(32)33/h16-17,20-21,36H,4-15,18-19H2,1-3H3. The Hall–Kier alpha value is -1.86. The highest BCUT2D eigenvalue weighted by molar-refractivity contribution is 6.33. The van der Waals surface area contributed by atoms with Gasteiger partial charge in [0.2, 0.25) is 5.91 Å². The number of pyridine rings is 1. The molecule has 0 bridgehead atoms. The number of amides is 2. The number of halogens is 1. The number of hydrogen-bond acceptors (Lipinski definition) is 4. The van der Waals surface area contributed by atoms with Crippen LogP contribution >= 0.6 is 11.6 Å². The van der Waals surface area contributed by atoms with Crippen LogP contribution in [0.3, 0.4) is 0 Å². The summed E-state index contributed by atoms with van der Waals surface area (Å²) in [5, 5.41) is 12.2. The number of aromatic nitrogens is 1. The topological polar surface area (TPSA) is 82.8 Å². The highest BCUT2D eigenvalue weighted by Crippen LogP contribution is 2.52. The van der Waals surface area contributed by atoms with Crippen molar-refractivity contribution in [1.29, 1.82) is 0 Å². The Labute approximate surface area is 219 Å². The van der Waals surface area contributed by atoms with Gasteiger partial charge in [0.25, 0.3) is 11.5 Å². The molecule has 2 aliphatic carbocycles. The third-order valence-corrected chi connectivity index (χ3v) is 9.44. The molecule has 0 radical (unpaired) electrons. The van der Waals surface area contributed by atoms with Gasteiger partial charge < -0.3 is 19.5 Å². The van der Waals surface area contributed by atoms with E-state index in [2.05, 4.69) is 6.92 Å². The van der Waals surface area contributed by atoms with Gasteiger partial charge in [-0.1, -0.05) is 63.5 Å². The molecule has 1 aliphatic heterocycles. The molecule has 8 heteroatoms. The summed E-state index contributed by atoms with van der Waals surface area (Å²) in [6, 6.07) is 1.26. The van der Waals surface area contributed by atoms with Crippen LogP contribution in [0.2, 0.25) is 5.02 Å². The van der Waals surface area contributed by atoms with E-state index in [-0.39, 0.29) is 40.4 Å². The summed E-state index contributed by atoms with van der Waals surface area (Å²) in [4.78, 5) is 42.3. The predicted octanol–water partition coefficient (Wildman–Crippen LogP) is 4.33. The van der Waals surface area contributed by atoms with Crippen LogP contribution in [0.1, 0.15) is 87.9 Å². The molecular formula is C28H42ClN3O4. The second kappa shape index (κ2) is 10.9. The van der Waals surface area contributed by atoms with Crippen molar-refractivity contribution >= 4 is 23.4 Å². The van der Waals surface area contributed by atoms with Gasteiger partial charge in [-0.05, 0) is 31.6 Å². The predicted molar refractivity (Wildman–Crippen MR) is 141 cm³/mol. The highest BCUT2D eigenvalue weighted by Gasteiger charge is 2.55. The normalized spacial score (nSPS) is 25.2. The summed E-state index contributed by atoms with van der Waals surface area (Å²) in [6.45, 7) is 3.17. The lowest BCUT2D eigenvalue weighted by molar-refractivity contribution is -0.163. The van der Waals surface area contributed by atoms with E-state index >= 15 is 0 Å². The minimum Gasteiger partial charge on any atom is -0.387 e. The Balaban J connectivity index is 1.53. The summed E-state index contributed by atoms with van der Waals surface area (Å²) in [7, 11) is 3.27. The molecule has 3 fully saturated rings. The summed E-state index contributed by atoms with van der Waals surface area (Å²) in [5.41, 5.74) is -1.68. The fraction of sp³-hybridized carbons (Fsp3) is 0.750. The molecule has 0 aromatic carbocycles. The van der Waals surface area contributed by atoms with Gasteiger partial charge in [0, 0.05) is 50.8 Å². The van der Waals surface area contributed by atoms with Crippen molar-refractivity contribution in [2.24, 2.45) is 17.3 Å². The van der Waals surface area contributed by atoms with Crippen LogP contribution in [0.5, 0.6) is 0 Å². The molecule has 2 unspecified atom stereocenters. The van der Waals surface area contributed by atoms with E-state index < -0.39 is 11.0 Å². The maximum Gasteiger partial charge on any atom is 0.256 e. The average molecular weight is 520 g/mol. The Morgan fingerprint density at radius 1 is 1.14 bits per heavy atom. The van der Waals surface area contributed by atoms with E-state index in [4.69, 9.17) is 11.6 Å². The zero-order valence-corrected chi connectivity index (χ0v) is 22.9. The SMILES string of the molecule is CC(CC1CCCCC1)C(=O)N1CCC(O)(Cn2cc(C(=O)N(C)C)c(Cl)cc2=O)C2(CCCC2)C1. The maximum absolute atomic E-state index is 13.5. The molecular weight excluding hydrogens is 478 g/mol. The van der Waals surface area contributed by atoms with E-state index in [9.17, 15) is 19.5 Å². The first-order valence-electron chi connectivity index (χ1n) is 13.7. The number of nitrogens with zero attached hydrogens (tertiary/aromatic N) is 3. The molecule has 1 aromatic heterocycles. The first kappa shape index (κ1) is 27.2. The monoisotopic (exact) mass is 519 g/mol. The lowest BCUT2D eigenvalue weighted by atomic mass is 9.65. The van der Waals surface area contributed by atoms with Crippen LogP contribution in [0, 0.1) is 17.3 Å². The minimum atomic E-state index is -1.14. The number of hydrogen-bond donors (Lipinski definition) is 1. The molecule has 200 valence electrons. The smallest absolute Gasteiger partial charge is 0.256 e. The Bertz CT molecular complexity index is 1030. The summed E-state index contributed by atoms with van der Waals surface area (Å²) >= 11 is 6.22. The van der Waals surface area contributed by atoms with E-state index in [1.165, 1.54) is 53.8 Å². The number of carbonyl (C=O) groups is 2. The number of carbonyl (C=O) groups excluding carboxylic acids is 2. The van der Waals surface area contributed by atoms with Crippen molar-refractivity contribution in [3.63, 3.8) is 0 Å². The second-order valence-electron chi connectivity index (χ2n) is 11.9. The minimum absolute atomic E-state index is 0.00349. The van der Waals surface area contributed by atoms with Gasteiger partial charge in [-0.15, -0.1) is 0 Å². The van der Waals surface area contributed by atoms with Crippen LogP contribution < -0.4 is 5.56 Å². The quantitative estimate of drug-likeness (QED) is 0.606. The lowest BCUT2D eigenvalue weighted by Gasteiger charge is -2.53. The molecule has 2 atom stereocenters. The van der Waals surface area contributed by atoms with Crippen molar-refractivity contribution in [2.75, 3.05) is 27.2 Å². The Morgan fingerprint density at radius 2 is 1.81 bits per heavy atom. The van der Waals surface area contributed by atoms with Gasteiger partial charge in [-0.25, -0.2) is 0 Å². The number of piperidine rings is 1. The van der Waals surface area contributed by atoms with Crippen LogP contribution in [0.15, 0.2) is 17.1 Å². The molecule has 36 heavy (non-hydrogen) atoms. The Morgan fingerprint density at radius 3 is 2.44 bits per heavy atom. The molecule has 4 rings (SSSR count). The number of likely N-dealkylation sites (tertiary alicyclic amines) is 1. The molecule has 2 saturated carbocycles. The van der Waals surface area contributed by atoms with Gasteiger partial charge in [-0.2, -0.15) is 0 Å². The van der Waals surface area contributed by atoms with Gasteiger partial charge in [0.05, 0.1) is 22.7 Å². The zero-order valence-electron chi connectivity index (χ0n) is 22.1. The van der Waals surface area contributed by atoms with Crippen LogP contribution in [0.4, 0.5) is 0 Å². The fourth-order valence-corrected chi connectivity index (χ4v) is 7.20. The van der Waals surface area contributed by atoms with Gasteiger partial charge in [0.1, 0.15) is 0 Å². The molecule has 1 spiro atoms. The molecule has 2 heterocycles. The number of rotatable bonds is 6. The number of aliphatic hydroxyl groups is 1. The van der Waals surface area contributed by atoms with Crippen molar-refractivity contribution in [3.05, 3.63) is 33.2 Å². The van der Waals surface area contributed by atoms with Crippen molar-refractivity contribution in [3.8, 4) is 0 Å². The molecule has 1 saturated heterocycles. The molecule has 1 aromatic rings. The summed E-state index contributed by atoms with van der Waals surface area (Å²) in [6.07, 6.45) is 12.8. The van der Waals surface area contributed by atoms with E-state index in [1.807, 2.05) is 4.90 Å². The average Bonchev–Trinajstić information content (AvgIpc) is 3.32. The van der Waals surface area contributed by atoms with Gasteiger partial charge in [-0.3, -0.25) is 14.4 Å². The molecule has 3 aliphatic rings. The van der Waals surface area contributed by atoms with Crippen molar-refractivity contribution in [2.45, 2.75) is 89.7 Å². The second-order valence-corrected chi connectivity index (χ2v) is 12.3. The fourth-order valence-electron chi connectivity index (χ4n) is 6.98.